The van der Waals surface area contributed by atoms with Gasteiger partial charge in [0.2, 0.25) is 11.8 Å². The average molecular weight is 383 g/mol. The molecule has 0 spiro atoms. The molecule has 7 heteroatoms. The minimum absolute atomic E-state index is 0.0225. The van der Waals surface area contributed by atoms with Crippen molar-refractivity contribution in [1.29, 1.82) is 0 Å². The van der Waals surface area contributed by atoms with Gasteiger partial charge in [0.1, 0.15) is 0 Å². The molecule has 0 unspecified atom stereocenters. The van der Waals surface area contributed by atoms with Crippen molar-refractivity contribution in [2.24, 2.45) is 0 Å². The minimum atomic E-state index is -0.897. The van der Waals surface area contributed by atoms with E-state index in [9.17, 15) is 14.4 Å². The number of pyridine rings is 1. The third kappa shape index (κ3) is 4.85. The zero-order valence-corrected chi connectivity index (χ0v) is 16.0. The van der Waals surface area contributed by atoms with E-state index < -0.39 is 11.5 Å². The molecule has 3 rings (SSSR count). The zero-order valence-electron chi connectivity index (χ0n) is 16.0. The van der Waals surface area contributed by atoms with Crippen LogP contribution in [0.25, 0.3) is 10.9 Å². The van der Waals surface area contributed by atoms with E-state index in [-0.39, 0.29) is 24.7 Å². The van der Waals surface area contributed by atoms with Gasteiger partial charge in [0.05, 0.1) is 17.8 Å². The van der Waals surface area contributed by atoms with E-state index in [1.165, 1.54) is 0 Å². The minimum Gasteiger partial charge on any atom is -0.481 e. The lowest BCUT2D eigenvalue weighted by Crippen LogP contribution is -2.43. The molecule has 1 aromatic carbocycles. The summed E-state index contributed by atoms with van der Waals surface area (Å²) in [6.07, 6.45) is 1.97. The number of aromatic nitrogens is 1. The van der Waals surface area contributed by atoms with E-state index in [0.29, 0.717) is 32.2 Å². The molecule has 1 fully saturated rings. The second-order valence-corrected chi connectivity index (χ2v) is 7.47. The molecule has 1 aliphatic rings. The highest BCUT2D eigenvalue weighted by Gasteiger charge is 2.38. The Kier molecular flexibility index (Phi) is 5.92. The second kappa shape index (κ2) is 8.37. The van der Waals surface area contributed by atoms with Crippen molar-refractivity contribution in [2.45, 2.75) is 50.6 Å². The van der Waals surface area contributed by atoms with Gasteiger partial charge in [-0.05, 0) is 31.4 Å². The van der Waals surface area contributed by atoms with Crippen LogP contribution in [-0.4, -0.2) is 45.4 Å². The predicted octanol–water partition coefficient (Wildman–Crippen LogP) is 2.49. The summed E-state index contributed by atoms with van der Waals surface area (Å²) in [6.45, 7) is 0.401. The highest BCUT2D eigenvalue weighted by atomic mass is 16.4. The van der Waals surface area contributed by atoms with Gasteiger partial charge in [-0.1, -0.05) is 24.3 Å². The smallest absolute Gasteiger partial charge is 0.303 e. The van der Waals surface area contributed by atoms with Crippen LogP contribution in [-0.2, 0) is 20.9 Å². The van der Waals surface area contributed by atoms with Crippen molar-refractivity contribution in [3.63, 3.8) is 0 Å². The van der Waals surface area contributed by atoms with Crippen molar-refractivity contribution < 1.29 is 19.5 Å². The monoisotopic (exact) mass is 383 g/mol. The number of carbonyl (C=O) groups is 3. The largest absolute Gasteiger partial charge is 0.481 e. The first-order valence-corrected chi connectivity index (χ1v) is 9.48. The van der Waals surface area contributed by atoms with Gasteiger partial charge in [0.15, 0.2) is 0 Å². The van der Waals surface area contributed by atoms with Crippen molar-refractivity contribution >= 4 is 28.7 Å². The number of nitrogens with zero attached hydrogens (tertiary/aromatic N) is 2. The molecule has 2 heterocycles. The maximum absolute atomic E-state index is 12.6. The van der Waals surface area contributed by atoms with Gasteiger partial charge in [-0.2, -0.15) is 0 Å². The van der Waals surface area contributed by atoms with E-state index in [1.54, 1.807) is 11.9 Å². The predicted molar refractivity (Wildman–Crippen MR) is 104 cm³/mol. The Balaban J connectivity index is 1.59. The van der Waals surface area contributed by atoms with E-state index in [0.717, 1.165) is 16.6 Å². The first-order valence-electron chi connectivity index (χ1n) is 9.48. The third-order valence-electron chi connectivity index (χ3n) is 5.35. The number of benzene rings is 1. The average Bonchev–Trinajstić information content (AvgIpc) is 3.05. The molecule has 1 atom stereocenters. The number of carboxylic acids is 1. The van der Waals surface area contributed by atoms with Gasteiger partial charge in [-0.15, -0.1) is 0 Å². The zero-order chi connectivity index (χ0) is 20.1. The van der Waals surface area contributed by atoms with E-state index >= 15 is 0 Å². The molecule has 0 radical (unpaired) electrons. The third-order valence-corrected chi connectivity index (χ3v) is 5.35. The number of amides is 2. The molecule has 0 aliphatic carbocycles. The molecule has 0 bridgehead atoms. The molecule has 1 aromatic heterocycles. The number of carbonyl (C=O) groups excluding carboxylic acids is 2. The van der Waals surface area contributed by atoms with Crippen LogP contribution in [0.4, 0.5) is 0 Å². The van der Waals surface area contributed by atoms with Gasteiger partial charge < -0.3 is 15.3 Å². The van der Waals surface area contributed by atoms with Crippen LogP contribution in [0.3, 0.4) is 0 Å². The Bertz CT molecular complexity index is 898. The van der Waals surface area contributed by atoms with Crippen LogP contribution < -0.4 is 5.32 Å². The van der Waals surface area contributed by atoms with E-state index in [4.69, 9.17) is 5.11 Å². The summed E-state index contributed by atoms with van der Waals surface area (Å²) in [5.74, 6) is -1.02. The fourth-order valence-corrected chi connectivity index (χ4v) is 3.68. The van der Waals surface area contributed by atoms with Crippen LogP contribution in [0.5, 0.6) is 0 Å². The van der Waals surface area contributed by atoms with Gasteiger partial charge >= 0.3 is 5.97 Å². The summed E-state index contributed by atoms with van der Waals surface area (Å²) in [4.78, 5) is 41.4. The Morgan fingerprint density at radius 2 is 1.93 bits per heavy atom. The summed E-state index contributed by atoms with van der Waals surface area (Å²) in [5, 5.41) is 12.9. The molecular weight excluding hydrogens is 358 g/mol. The van der Waals surface area contributed by atoms with Crippen molar-refractivity contribution in [3.05, 3.63) is 42.1 Å². The molecule has 148 valence electrons. The number of para-hydroxylation sites is 1. The standard InChI is InChI=1S/C21H25N3O4/c1-24(14-16-7-6-15-4-2-3-5-17(15)22-16)19(26)9-12-21(13-10-20(27)28)11-8-18(25)23-21/h2-7H,8-14H2,1H3,(H,23,25)(H,27,28)/t21-/m1/s1. The Morgan fingerprint density at radius 1 is 1.18 bits per heavy atom. The number of nitrogens with one attached hydrogen (secondary N) is 1. The molecule has 1 saturated heterocycles. The van der Waals surface area contributed by atoms with Crippen molar-refractivity contribution in [1.82, 2.24) is 15.2 Å². The summed E-state index contributed by atoms with van der Waals surface area (Å²) >= 11 is 0. The number of hydrogen-bond donors (Lipinski definition) is 2. The van der Waals surface area contributed by atoms with Gasteiger partial charge in [0.25, 0.3) is 0 Å². The summed E-state index contributed by atoms with van der Waals surface area (Å²) < 4.78 is 0. The van der Waals surface area contributed by atoms with Crippen molar-refractivity contribution in [3.8, 4) is 0 Å². The first-order chi connectivity index (χ1) is 13.4. The van der Waals surface area contributed by atoms with Gasteiger partial charge in [0, 0.05) is 37.2 Å². The van der Waals surface area contributed by atoms with Gasteiger partial charge in [-0.25, -0.2) is 0 Å². The fraction of sp³-hybridized carbons (Fsp3) is 0.429. The number of carboxylic acid groups (broad SMARTS) is 1. The number of aliphatic carboxylic acids is 1. The molecule has 2 aromatic rings. The number of hydrogen-bond acceptors (Lipinski definition) is 4. The molecule has 1 aliphatic heterocycles. The highest BCUT2D eigenvalue weighted by Crippen LogP contribution is 2.30. The maximum Gasteiger partial charge on any atom is 0.303 e. The van der Waals surface area contributed by atoms with Crippen LogP contribution in [0.2, 0.25) is 0 Å². The van der Waals surface area contributed by atoms with Crippen molar-refractivity contribution in [2.75, 3.05) is 7.05 Å². The summed E-state index contributed by atoms with van der Waals surface area (Å²) in [5.41, 5.74) is 1.11. The number of fused-ring (bicyclic) bond motifs is 1. The Labute approximate surface area is 163 Å². The lowest BCUT2D eigenvalue weighted by Gasteiger charge is -2.29. The number of rotatable bonds is 8. The Morgan fingerprint density at radius 3 is 2.64 bits per heavy atom. The second-order valence-electron chi connectivity index (χ2n) is 7.47. The summed E-state index contributed by atoms with van der Waals surface area (Å²) in [7, 11) is 1.73. The molecule has 7 nitrogen and oxygen atoms in total. The fourth-order valence-electron chi connectivity index (χ4n) is 3.68. The quantitative estimate of drug-likeness (QED) is 0.730. The normalized spacial score (nSPS) is 18.8. The van der Waals surface area contributed by atoms with E-state index in [2.05, 4.69) is 10.3 Å². The van der Waals surface area contributed by atoms with Crippen LogP contribution in [0.1, 0.15) is 44.2 Å². The molecular formula is C21H25N3O4. The maximum atomic E-state index is 12.6. The Hall–Kier alpha value is -2.96. The van der Waals surface area contributed by atoms with E-state index in [1.807, 2.05) is 36.4 Å². The topological polar surface area (TPSA) is 99.6 Å². The van der Waals surface area contributed by atoms with Gasteiger partial charge in [-0.3, -0.25) is 19.4 Å². The molecule has 28 heavy (non-hydrogen) atoms. The SMILES string of the molecule is CN(Cc1ccc2ccccc2n1)C(=O)CC[C@@]1(CCC(=O)O)CCC(=O)N1. The first kappa shape index (κ1) is 19.8. The summed E-state index contributed by atoms with van der Waals surface area (Å²) in [6, 6.07) is 11.7. The molecule has 2 N–H and O–H groups in total. The lowest BCUT2D eigenvalue weighted by molar-refractivity contribution is -0.137. The lowest BCUT2D eigenvalue weighted by atomic mass is 9.86. The molecule has 0 saturated carbocycles. The highest BCUT2D eigenvalue weighted by molar-refractivity contribution is 5.81. The van der Waals surface area contributed by atoms with Crippen LogP contribution in [0.15, 0.2) is 36.4 Å². The van der Waals surface area contributed by atoms with Crippen LogP contribution in [0, 0.1) is 0 Å². The van der Waals surface area contributed by atoms with Crippen LogP contribution >= 0.6 is 0 Å². The molecule has 2 amide bonds.